The molecule has 2 heterocycles. The van der Waals surface area contributed by atoms with Gasteiger partial charge in [0.15, 0.2) is 5.82 Å². The number of hydrogen-bond acceptors (Lipinski definition) is 6. The zero-order chi connectivity index (χ0) is 14.7. The van der Waals surface area contributed by atoms with E-state index in [9.17, 15) is 0 Å². The lowest BCUT2D eigenvalue weighted by atomic mass is 10.1. The molecule has 5 nitrogen and oxygen atoms in total. The number of aryl methyl sites for hydroxylation is 1. The van der Waals surface area contributed by atoms with E-state index in [2.05, 4.69) is 15.1 Å². The summed E-state index contributed by atoms with van der Waals surface area (Å²) >= 11 is 1.63. The van der Waals surface area contributed by atoms with Crippen LogP contribution in [0.2, 0.25) is 0 Å². The van der Waals surface area contributed by atoms with Crippen LogP contribution in [0.4, 0.5) is 0 Å². The molecule has 6 heteroatoms. The van der Waals surface area contributed by atoms with Gasteiger partial charge >= 0.3 is 0 Å². The zero-order valence-corrected chi connectivity index (χ0v) is 12.6. The van der Waals surface area contributed by atoms with Crippen molar-refractivity contribution in [3.8, 4) is 11.5 Å². The number of nitrogens with zero attached hydrogens (tertiary/aromatic N) is 3. The molecule has 1 aromatic carbocycles. The molecule has 2 aromatic heterocycles. The van der Waals surface area contributed by atoms with E-state index >= 15 is 0 Å². The molecule has 0 aliphatic carbocycles. The van der Waals surface area contributed by atoms with Gasteiger partial charge in [-0.25, -0.2) is 4.98 Å². The Bertz CT molecular complexity index is 717. The van der Waals surface area contributed by atoms with Gasteiger partial charge in [0.1, 0.15) is 0 Å². The highest BCUT2D eigenvalue weighted by Crippen LogP contribution is 2.19. The van der Waals surface area contributed by atoms with Crippen molar-refractivity contribution in [2.24, 2.45) is 5.73 Å². The van der Waals surface area contributed by atoms with Crippen LogP contribution in [0.25, 0.3) is 11.5 Å². The first-order valence-electron chi connectivity index (χ1n) is 6.77. The predicted octanol–water partition coefficient (Wildman–Crippen LogP) is 2.59. The molecule has 108 valence electrons. The van der Waals surface area contributed by atoms with Crippen LogP contribution in [0, 0.1) is 6.92 Å². The average Bonchev–Trinajstić information content (AvgIpc) is 3.10. The molecule has 0 saturated heterocycles. The van der Waals surface area contributed by atoms with Gasteiger partial charge in [-0.05, 0) is 37.6 Å². The Morgan fingerprint density at radius 3 is 2.67 bits per heavy atom. The molecule has 0 amide bonds. The quantitative estimate of drug-likeness (QED) is 0.783. The van der Waals surface area contributed by atoms with E-state index in [-0.39, 0.29) is 0 Å². The van der Waals surface area contributed by atoms with Crippen molar-refractivity contribution in [3.63, 3.8) is 0 Å². The Kier molecular flexibility index (Phi) is 4.08. The highest BCUT2D eigenvalue weighted by atomic mass is 32.1. The van der Waals surface area contributed by atoms with Gasteiger partial charge < -0.3 is 10.3 Å². The third kappa shape index (κ3) is 3.34. The number of hydrogen-bond donors (Lipinski definition) is 1. The maximum atomic E-state index is 5.54. The molecule has 0 spiro atoms. The molecule has 2 N–H and O–H groups in total. The summed E-state index contributed by atoms with van der Waals surface area (Å²) in [5.74, 6) is 1.19. The SMILES string of the molecule is Cc1nc(Cc2noc(-c3ccc(CCN)cc3)n2)cs1. The number of thiazole rings is 1. The van der Waals surface area contributed by atoms with E-state index in [1.54, 1.807) is 11.3 Å². The standard InChI is InChI=1S/C15H16N4OS/c1-10-17-13(9-21-10)8-14-18-15(20-19-14)12-4-2-11(3-5-12)6-7-16/h2-5,9H,6-8,16H2,1H3. The third-order valence-electron chi connectivity index (χ3n) is 3.11. The lowest BCUT2D eigenvalue weighted by Crippen LogP contribution is -2.02. The minimum atomic E-state index is 0.538. The second-order valence-corrected chi connectivity index (χ2v) is 5.85. The Morgan fingerprint density at radius 2 is 2.00 bits per heavy atom. The first kappa shape index (κ1) is 13.9. The number of rotatable bonds is 5. The second kappa shape index (κ2) is 6.15. The number of aromatic nitrogens is 3. The summed E-state index contributed by atoms with van der Waals surface area (Å²) < 4.78 is 5.32. The van der Waals surface area contributed by atoms with Crippen LogP contribution in [0.15, 0.2) is 34.2 Å². The predicted molar refractivity (Wildman–Crippen MR) is 82.1 cm³/mol. The molecule has 0 aliphatic heterocycles. The molecule has 21 heavy (non-hydrogen) atoms. The van der Waals surface area contributed by atoms with Crippen molar-refractivity contribution in [3.05, 3.63) is 51.7 Å². The fourth-order valence-corrected chi connectivity index (χ4v) is 2.69. The zero-order valence-electron chi connectivity index (χ0n) is 11.7. The van der Waals surface area contributed by atoms with Gasteiger partial charge in [-0.2, -0.15) is 4.98 Å². The minimum absolute atomic E-state index is 0.538. The summed E-state index contributed by atoms with van der Waals surface area (Å²) in [6.07, 6.45) is 1.47. The monoisotopic (exact) mass is 300 g/mol. The van der Waals surface area contributed by atoms with E-state index in [4.69, 9.17) is 10.3 Å². The maximum Gasteiger partial charge on any atom is 0.257 e. The van der Waals surface area contributed by atoms with Crippen LogP contribution in [-0.2, 0) is 12.8 Å². The van der Waals surface area contributed by atoms with E-state index in [0.717, 1.165) is 22.7 Å². The van der Waals surface area contributed by atoms with E-state index in [1.807, 2.05) is 36.6 Å². The van der Waals surface area contributed by atoms with Gasteiger partial charge in [-0.3, -0.25) is 0 Å². The van der Waals surface area contributed by atoms with Crippen molar-refractivity contribution < 1.29 is 4.52 Å². The van der Waals surface area contributed by atoms with Gasteiger partial charge in [-0.1, -0.05) is 17.3 Å². The topological polar surface area (TPSA) is 77.8 Å². The van der Waals surface area contributed by atoms with Crippen molar-refractivity contribution in [1.29, 1.82) is 0 Å². The first-order chi connectivity index (χ1) is 10.2. The smallest absolute Gasteiger partial charge is 0.257 e. The Labute approximate surface area is 126 Å². The summed E-state index contributed by atoms with van der Waals surface area (Å²) in [5.41, 5.74) is 8.64. The lowest BCUT2D eigenvalue weighted by Gasteiger charge is -1.98. The summed E-state index contributed by atoms with van der Waals surface area (Å²) in [4.78, 5) is 8.83. The van der Waals surface area contributed by atoms with Crippen LogP contribution in [0.1, 0.15) is 22.1 Å². The highest BCUT2D eigenvalue weighted by molar-refractivity contribution is 7.09. The van der Waals surface area contributed by atoms with Crippen LogP contribution >= 0.6 is 11.3 Å². The number of benzene rings is 1. The van der Waals surface area contributed by atoms with Gasteiger partial charge in [0.2, 0.25) is 0 Å². The largest absolute Gasteiger partial charge is 0.334 e. The fraction of sp³-hybridized carbons (Fsp3) is 0.267. The third-order valence-corrected chi connectivity index (χ3v) is 3.93. The van der Waals surface area contributed by atoms with Crippen molar-refractivity contribution in [2.45, 2.75) is 19.8 Å². The molecular weight excluding hydrogens is 284 g/mol. The molecule has 0 unspecified atom stereocenters. The van der Waals surface area contributed by atoms with Crippen molar-refractivity contribution in [1.82, 2.24) is 15.1 Å². The van der Waals surface area contributed by atoms with E-state index in [1.165, 1.54) is 5.56 Å². The normalized spacial score (nSPS) is 11.0. The van der Waals surface area contributed by atoms with Crippen LogP contribution in [-0.4, -0.2) is 21.7 Å². The lowest BCUT2D eigenvalue weighted by molar-refractivity contribution is 0.423. The van der Waals surface area contributed by atoms with Gasteiger partial charge in [0.05, 0.1) is 17.1 Å². The first-order valence-corrected chi connectivity index (χ1v) is 7.65. The summed E-state index contributed by atoms with van der Waals surface area (Å²) in [7, 11) is 0. The molecule has 0 saturated carbocycles. The Hall–Kier alpha value is -2.05. The second-order valence-electron chi connectivity index (χ2n) is 4.79. The fourth-order valence-electron chi connectivity index (χ4n) is 2.08. The molecule has 0 atom stereocenters. The van der Waals surface area contributed by atoms with E-state index < -0.39 is 0 Å². The van der Waals surface area contributed by atoms with Gasteiger partial charge in [-0.15, -0.1) is 11.3 Å². The van der Waals surface area contributed by atoms with Crippen LogP contribution in [0.3, 0.4) is 0 Å². The summed E-state index contributed by atoms with van der Waals surface area (Å²) in [6, 6.07) is 8.04. The maximum absolute atomic E-state index is 5.54. The highest BCUT2D eigenvalue weighted by Gasteiger charge is 2.10. The molecular formula is C15H16N4OS. The van der Waals surface area contributed by atoms with Crippen LogP contribution in [0.5, 0.6) is 0 Å². The molecule has 3 aromatic rings. The minimum Gasteiger partial charge on any atom is -0.334 e. The Balaban J connectivity index is 1.74. The van der Waals surface area contributed by atoms with Crippen molar-refractivity contribution >= 4 is 11.3 Å². The van der Waals surface area contributed by atoms with Gasteiger partial charge in [0.25, 0.3) is 5.89 Å². The molecule has 0 aliphatic rings. The molecule has 0 radical (unpaired) electrons. The summed E-state index contributed by atoms with van der Waals surface area (Å²) in [5, 5.41) is 7.08. The van der Waals surface area contributed by atoms with Crippen LogP contribution < -0.4 is 5.73 Å². The molecule has 0 fully saturated rings. The molecule has 3 rings (SSSR count). The van der Waals surface area contributed by atoms with Crippen molar-refractivity contribution in [2.75, 3.05) is 6.54 Å². The average molecular weight is 300 g/mol. The van der Waals surface area contributed by atoms with Gasteiger partial charge in [0, 0.05) is 10.9 Å². The Morgan fingerprint density at radius 1 is 1.19 bits per heavy atom. The summed E-state index contributed by atoms with van der Waals surface area (Å²) in [6.45, 7) is 2.63. The molecule has 0 bridgehead atoms. The number of nitrogens with two attached hydrogens (primary N) is 1. The van der Waals surface area contributed by atoms with E-state index in [0.29, 0.717) is 24.7 Å².